The van der Waals surface area contributed by atoms with Crippen molar-refractivity contribution in [1.82, 2.24) is 0 Å². The van der Waals surface area contributed by atoms with Crippen LogP contribution in [0.25, 0.3) is 6.08 Å². The van der Waals surface area contributed by atoms with Crippen molar-refractivity contribution < 1.29 is 22.6 Å². The van der Waals surface area contributed by atoms with Crippen LogP contribution >= 0.6 is 0 Å². The number of rotatable bonds is 7. The number of hydrogen-bond donors (Lipinski definition) is 0. The second-order valence-electron chi connectivity index (χ2n) is 9.67. The van der Waals surface area contributed by atoms with E-state index in [4.69, 9.17) is 9.47 Å². The highest BCUT2D eigenvalue weighted by Crippen LogP contribution is 2.39. The van der Waals surface area contributed by atoms with Gasteiger partial charge in [-0.1, -0.05) is 30.4 Å². The van der Waals surface area contributed by atoms with E-state index in [1.165, 1.54) is 6.07 Å². The molecular formula is C29H35F3O2. The zero-order valence-corrected chi connectivity index (χ0v) is 20.2. The first-order chi connectivity index (χ1) is 16.5. The van der Waals surface area contributed by atoms with Gasteiger partial charge in [0.15, 0.2) is 11.6 Å². The van der Waals surface area contributed by atoms with Gasteiger partial charge >= 0.3 is 0 Å². The molecule has 0 aromatic heterocycles. The van der Waals surface area contributed by atoms with E-state index in [-0.39, 0.29) is 29.7 Å². The zero-order chi connectivity index (χ0) is 24.1. The standard InChI is InChI=1S/C29H35F3O2/c1-3-34-24-15-17-25(27(30)18-24)20-7-4-19(5-8-20)6-9-22-12-16-26(29(32)28(22)31)21-10-13-23(33-2)14-11-21/h6,9,12,15-21,23H,3-5,7-8,10-11,13-14H2,1-2H3/b9-6+. The molecular weight excluding hydrogens is 437 g/mol. The fraction of sp³-hybridized carbons (Fsp3) is 0.517. The largest absolute Gasteiger partial charge is 0.494 e. The van der Waals surface area contributed by atoms with E-state index in [1.54, 1.807) is 25.3 Å². The molecule has 2 nitrogen and oxygen atoms in total. The smallest absolute Gasteiger partial charge is 0.166 e. The lowest BCUT2D eigenvalue weighted by Gasteiger charge is -2.28. The summed E-state index contributed by atoms with van der Waals surface area (Å²) in [5.74, 6) is -0.597. The topological polar surface area (TPSA) is 18.5 Å². The van der Waals surface area contributed by atoms with Crippen LogP contribution < -0.4 is 4.74 Å². The fourth-order valence-electron chi connectivity index (χ4n) is 5.59. The van der Waals surface area contributed by atoms with Gasteiger partial charge in [0.1, 0.15) is 11.6 Å². The lowest BCUT2D eigenvalue weighted by atomic mass is 9.78. The quantitative estimate of drug-likeness (QED) is 0.405. The molecule has 0 heterocycles. The Morgan fingerprint density at radius 1 is 0.824 bits per heavy atom. The van der Waals surface area contributed by atoms with Crippen molar-refractivity contribution in [2.75, 3.05) is 13.7 Å². The third-order valence-corrected chi connectivity index (χ3v) is 7.63. The second kappa shape index (κ2) is 11.4. The number of halogens is 3. The predicted molar refractivity (Wildman–Crippen MR) is 130 cm³/mol. The molecule has 0 amide bonds. The average molecular weight is 473 g/mol. The van der Waals surface area contributed by atoms with Crippen molar-refractivity contribution in [3.8, 4) is 5.75 Å². The van der Waals surface area contributed by atoms with E-state index in [0.29, 0.717) is 23.5 Å². The number of ether oxygens (including phenoxy) is 2. The highest BCUT2D eigenvalue weighted by Gasteiger charge is 2.26. The molecule has 0 bridgehead atoms. The average Bonchev–Trinajstić information content (AvgIpc) is 2.86. The van der Waals surface area contributed by atoms with Crippen LogP contribution in [0.2, 0.25) is 0 Å². The molecule has 2 fully saturated rings. The van der Waals surface area contributed by atoms with Crippen LogP contribution in [0, 0.1) is 23.4 Å². The molecule has 0 N–H and O–H groups in total. The molecule has 0 aliphatic heterocycles. The highest BCUT2D eigenvalue weighted by atomic mass is 19.2. The summed E-state index contributed by atoms with van der Waals surface area (Å²) in [6, 6.07) is 8.59. The van der Waals surface area contributed by atoms with Gasteiger partial charge in [0.05, 0.1) is 12.7 Å². The van der Waals surface area contributed by atoms with Crippen molar-refractivity contribution in [3.05, 3.63) is 70.5 Å². The van der Waals surface area contributed by atoms with Gasteiger partial charge in [-0.2, -0.15) is 0 Å². The van der Waals surface area contributed by atoms with Gasteiger partial charge in [-0.3, -0.25) is 0 Å². The van der Waals surface area contributed by atoms with E-state index < -0.39 is 11.6 Å². The molecule has 34 heavy (non-hydrogen) atoms. The van der Waals surface area contributed by atoms with Crippen LogP contribution in [0.3, 0.4) is 0 Å². The molecule has 2 aromatic rings. The van der Waals surface area contributed by atoms with Crippen LogP contribution in [0.4, 0.5) is 13.2 Å². The maximum absolute atomic E-state index is 14.9. The number of benzene rings is 2. The Morgan fingerprint density at radius 3 is 2.12 bits per heavy atom. The molecule has 0 spiro atoms. The Labute approximate surface area is 201 Å². The van der Waals surface area contributed by atoms with Crippen LogP contribution in [0.5, 0.6) is 5.75 Å². The van der Waals surface area contributed by atoms with Gasteiger partial charge in [-0.25, -0.2) is 13.2 Å². The Balaban J connectivity index is 1.35. The third kappa shape index (κ3) is 5.68. The Morgan fingerprint density at radius 2 is 1.47 bits per heavy atom. The summed E-state index contributed by atoms with van der Waals surface area (Å²) in [5, 5.41) is 0. The van der Waals surface area contributed by atoms with Crippen molar-refractivity contribution in [2.24, 2.45) is 5.92 Å². The number of hydrogen-bond acceptors (Lipinski definition) is 2. The lowest BCUT2D eigenvalue weighted by molar-refractivity contribution is 0.0655. The first-order valence-electron chi connectivity index (χ1n) is 12.6. The SMILES string of the molecule is CCOc1ccc(C2CCC(/C=C/c3ccc(C4CCC(OC)CC4)c(F)c3F)CC2)c(F)c1. The maximum Gasteiger partial charge on any atom is 0.166 e. The van der Waals surface area contributed by atoms with Crippen LogP contribution in [0.15, 0.2) is 36.4 Å². The van der Waals surface area contributed by atoms with Gasteiger partial charge in [-0.05, 0) is 93.2 Å². The van der Waals surface area contributed by atoms with E-state index in [1.807, 2.05) is 25.1 Å². The normalized spacial score (nSPS) is 25.6. The highest BCUT2D eigenvalue weighted by molar-refractivity contribution is 5.52. The van der Waals surface area contributed by atoms with Crippen molar-refractivity contribution in [2.45, 2.75) is 76.2 Å². The molecule has 0 unspecified atom stereocenters. The molecule has 0 saturated heterocycles. The minimum Gasteiger partial charge on any atom is -0.494 e. The summed E-state index contributed by atoms with van der Waals surface area (Å²) in [5.41, 5.74) is 1.53. The van der Waals surface area contributed by atoms with E-state index >= 15 is 0 Å². The van der Waals surface area contributed by atoms with Crippen molar-refractivity contribution in [3.63, 3.8) is 0 Å². The van der Waals surface area contributed by atoms with Gasteiger partial charge in [-0.15, -0.1) is 0 Å². The Kier molecular flexibility index (Phi) is 8.36. The first kappa shape index (κ1) is 24.8. The predicted octanol–water partition coefficient (Wildman–Crippen LogP) is 8.16. The molecule has 0 radical (unpaired) electrons. The molecule has 2 aliphatic rings. The van der Waals surface area contributed by atoms with Crippen LogP contribution in [-0.2, 0) is 4.74 Å². The van der Waals surface area contributed by atoms with Gasteiger partial charge in [0, 0.05) is 18.7 Å². The summed E-state index contributed by atoms with van der Waals surface area (Å²) in [6.07, 6.45) is 10.9. The Bertz CT molecular complexity index is 987. The second-order valence-corrected chi connectivity index (χ2v) is 9.67. The first-order valence-corrected chi connectivity index (χ1v) is 12.6. The minimum atomic E-state index is -0.757. The number of allylic oxidation sites excluding steroid dienone is 1. The van der Waals surface area contributed by atoms with E-state index in [9.17, 15) is 13.2 Å². The summed E-state index contributed by atoms with van der Waals surface area (Å²) in [7, 11) is 1.71. The molecule has 184 valence electrons. The summed E-state index contributed by atoms with van der Waals surface area (Å²) in [4.78, 5) is 0. The summed E-state index contributed by atoms with van der Waals surface area (Å²) < 4.78 is 55.0. The molecule has 4 rings (SSSR count). The fourth-order valence-corrected chi connectivity index (χ4v) is 5.59. The number of methoxy groups -OCH3 is 1. The molecule has 5 heteroatoms. The monoisotopic (exact) mass is 472 g/mol. The summed E-state index contributed by atoms with van der Waals surface area (Å²) in [6.45, 7) is 2.39. The van der Waals surface area contributed by atoms with Gasteiger partial charge in [0.2, 0.25) is 0 Å². The van der Waals surface area contributed by atoms with Gasteiger partial charge < -0.3 is 9.47 Å². The van der Waals surface area contributed by atoms with Gasteiger partial charge in [0.25, 0.3) is 0 Å². The lowest BCUT2D eigenvalue weighted by Crippen LogP contribution is -2.20. The van der Waals surface area contributed by atoms with Crippen molar-refractivity contribution >= 4 is 6.08 Å². The van der Waals surface area contributed by atoms with Crippen LogP contribution in [-0.4, -0.2) is 19.8 Å². The van der Waals surface area contributed by atoms with E-state index in [2.05, 4.69) is 0 Å². The minimum absolute atomic E-state index is 0.0530. The summed E-state index contributed by atoms with van der Waals surface area (Å²) >= 11 is 0. The molecule has 2 saturated carbocycles. The molecule has 2 aromatic carbocycles. The molecule has 2 aliphatic carbocycles. The maximum atomic E-state index is 14.9. The zero-order valence-electron chi connectivity index (χ0n) is 20.2. The van der Waals surface area contributed by atoms with E-state index in [0.717, 1.165) is 56.9 Å². The van der Waals surface area contributed by atoms with Crippen LogP contribution in [0.1, 0.15) is 86.8 Å². The Hall–Kier alpha value is -2.27. The van der Waals surface area contributed by atoms with Crippen molar-refractivity contribution in [1.29, 1.82) is 0 Å². The molecule has 0 atom stereocenters. The third-order valence-electron chi connectivity index (χ3n) is 7.63.